The molecule has 2 unspecified atom stereocenters. The number of hydrogen-bond donors (Lipinski definition) is 1. The number of piperidine rings is 1. The summed E-state index contributed by atoms with van der Waals surface area (Å²) in [5, 5.41) is 2.81. The SMILES string of the molecule is CC(=O)N1CCCC2C(=O)NCC21. The summed E-state index contributed by atoms with van der Waals surface area (Å²) in [6.07, 6.45) is 1.88. The summed E-state index contributed by atoms with van der Waals surface area (Å²) in [7, 11) is 0. The minimum Gasteiger partial charge on any atom is -0.354 e. The van der Waals surface area contributed by atoms with E-state index in [1.807, 2.05) is 4.90 Å². The lowest BCUT2D eigenvalue weighted by molar-refractivity contribution is -0.134. The summed E-state index contributed by atoms with van der Waals surface area (Å²) in [4.78, 5) is 24.4. The molecule has 0 bridgehead atoms. The fourth-order valence-corrected chi connectivity index (χ4v) is 2.34. The van der Waals surface area contributed by atoms with E-state index in [0.29, 0.717) is 6.54 Å². The summed E-state index contributed by atoms with van der Waals surface area (Å²) in [5.41, 5.74) is 0. The molecule has 0 aromatic rings. The highest BCUT2D eigenvalue weighted by Gasteiger charge is 2.41. The van der Waals surface area contributed by atoms with Gasteiger partial charge in [-0.3, -0.25) is 9.59 Å². The van der Waals surface area contributed by atoms with Crippen LogP contribution in [0, 0.1) is 5.92 Å². The molecule has 13 heavy (non-hydrogen) atoms. The molecule has 4 nitrogen and oxygen atoms in total. The number of hydrogen-bond acceptors (Lipinski definition) is 2. The Labute approximate surface area is 77.3 Å². The first-order valence-corrected chi connectivity index (χ1v) is 4.75. The number of fused-ring (bicyclic) bond motifs is 1. The van der Waals surface area contributed by atoms with Gasteiger partial charge in [0.05, 0.1) is 12.0 Å². The molecule has 0 spiro atoms. The molecule has 2 atom stereocenters. The maximum Gasteiger partial charge on any atom is 0.225 e. The lowest BCUT2D eigenvalue weighted by atomic mass is 9.91. The van der Waals surface area contributed by atoms with E-state index in [1.165, 1.54) is 0 Å². The van der Waals surface area contributed by atoms with Crippen molar-refractivity contribution in [3.8, 4) is 0 Å². The van der Waals surface area contributed by atoms with E-state index in [9.17, 15) is 9.59 Å². The topological polar surface area (TPSA) is 49.4 Å². The number of amides is 2. The van der Waals surface area contributed by atoms with Gasteiger partial charge >= 0.3 is 0 Å². The van der Waals surface area contributed by atoms with Crippen molar-refractivity contribution in [2.24, 2.45) is 5.92 Å². The molecule has 2 fully saturated rings. The molecule has 1 N–H and O–H groups in total. The lowest BCUT2D eigenvalue weighted by Gasteiger charge is -2.35. The number of nitrogens with one attached hydrogen (secondary N) is 1. The van der Waals surface area contributed by atoms with Gasteiger partial charge in [0, 0.05) is 20.0 Å². The fourth-order valence-electron chi connectivity index (χ4n) is 2.34. The third-order valence-corrected chi connectivity index (χ3v) is 3.01. The molecule has 72 valence electrons. The molecule has 2 aliphatic heterocycles. The second-order valence-corrected chi connectivity index (χ2v) is 3.77. The van der Waals surface area contributed by atoms with Crippen LogP contribution in [0.4, 0.5) is 0 Å². The second-order valence-electron chi connectivity index (χ2n) is 3.77. The lowest BCUT2D eigenvalue weighted by Crippen LogP contribution is -2.47. The molecular weight excluding hydrogens is 168 g/mol. The average molecular weight is 182 g/mol. The maximum absolute atomic E-state index is 11.3. The number of likely N-dealkylation sites (tertiary alicyclic amines) is 1. The highest BCUT2D eigenvalue weighted by atomic mass is 16.2. The molecule has 2 aliphatic rings. The van der Waals surface area contributed by atoms with Crippen LogP contribution in [-0.4, -0.2) is 35.8 Å². The third-order valence-electron chi connectivity index (χ3n) is 3.01. The van der Waals surface area contributed by atoms with Gasteiger partial charge in [-0.15, -0.1) is 0 Å². The van der Waals surface area contributed by atoms with Gasteiger partial charge in [0.1, 0.15) is 0 Å². The van der Waals surface area contributed by atoms with Gasteiger partial charge in [-0.1, -0.05) is 0 Å². The van der Waals surface area contributed by atoms with Crippen LogP contribution in [-0.2, 0) is 9.59 Å². The molecule has 2 rings (SSSR count). The summed E-state index contributed by atoms with van der Waals surface area (Å²) in [6.45, 7) is 3.03. The normalized spacial score (nSPS) is 32.7. The summed E-state index contributed by atoms with van der Waals surface area (Å²) < 4.78 is 0. The van der Waals surface area contributed by atoms with Crippen molar-refractivity contribution < 1.29 is 9.59 Å². The maximum atomic E-state index is 11.3. The van der Waals surface area contributed by atoms with Gasteiger partial charge in [0.2, 0.25) is 11.8 Å². The molecule has 0 aliphatic carbocycles. The summed E-state index contributed by atoms with van der Waals surface area (Å²) >= 11 is 0. The summed E-state index contributed by atoms with van der Waals surface area (Å²) in [6, 6.07) is 0.124. The second kappa shape index (κ2) is 3.01. The molecule has 0 aromatic heterocycles. The Bertz CT molecular complexity index is 252. The minimum atomic E-state index is 0.0534. The van der Waals surface area contributed by atoms with Crippen molar-refractivity contribution in [2.45, 2.75) is 25.8 Å². The van der Waals surface area contributed by atoms with Gasteiger partial charge in [-0.25, -0.2) is 0 Å². The standard InChI is InChI=1S/C9H14N2O2/c1-6(12)11-4-2-3-7-8(11)5-10-9(7)13/h7-8H,2-5H2,1H3,(H,10,13). The Morgan fingerprint density at radius 2 is 2.38 bits per heavy atom. The number of carbonyl (C=O) groups is 2. The Balaban J connectivity index is 2.16. The van der Waals surface area contributed by atoms with Crippen molar-refractivity contribution in [3.63, 3.8) is 0 Å². The smallest absolute Gasteiger partial charge is 0.225 e. The largest absolute Gasteiger partial charge is 0.354 e. The number of nitrogens with zero attached hydrogens (tertiary/aromatic N) is 1. The van der Waals surface area contributed by atoms with Crippen LogP contribution >= 0.6 is 0 Å². The molecule has 0 radical (unpaired) electrons. The molecule has 4 heteroatoms. The van der Waals surface area contributed by atoms with E-state index in [1.54, 1.807) is 6.92 Å². The Hall–Kier alpha value is -1.06. The Kier molecular flexibility index (Phi) is 1.98. The quantitative estimate of drug-likeness (QED) is 0.561. The van der Waals surface area contributed by atoms with Crippen LogP contribution in [0.25, 0.3) is 0 Å². The van der Waals surface area contributed by atoms with Crippen LogP contribution in [0.15, 0.2) is 0 Å². The summed E-state index contributed by atoms with van der Waals surface area (Å²) in [5.74, 6) is 0.264. The zero-order valence-electron chi connectivity index (χ0n) is 7.75. The van der Waals surface area contributed by atoms with Crippen molar-refractivity contribution in [2.75, 3.05) is 13.1 Å². The highest BCUT2D eigenvalue weighted by molar-refractivity contribution is 5.84. The number of rotatable bonds is 0. The predicted molar refractivity (Wildman–Crippen MR) is 46.9 cm³/mol. The van der Waals surface area contributed by atoms with Crippen LogP contribution in [0.2, 0.25) is 0 Å². The van der Waals surface area contributed by atoms with Gasteiger partial charge in [0.25, 0.3) is 0 Å². The molecule has 2 heterocycles. The molecule has 0 aromatic carbocycles. The van der Waals surface area contributed by atoms with Crippen LogP contribution < -0.4 is 5.32 Å². The third kappa shape index (κ3) is 1.30. The van der Waals surface area contributed by atoms with E-state index < -0.39 is 0 Å². The first-order valence-electron chi connectivity index (χ1n) is 4.75. The Morgan fingerprint density at radius 1 is 1.62 bits per heavy atom. The van der Waals surface area contributed by atoms with Crippen molar-refractivity contribution in [1.29, 1.82) is 0 Å². The highest BCUT2D eigenvalue weighted by Crippen LogP contribution is 2.26. The minimum absolute atomic E-state index is 0.0534. The van der Waals surface area contributed by atoms with E-state index in [-0.39, 0.29) is 23.8 Å². The van der Waals surface area contributed by atoms with Crippen molar-refractivity contribution in [3.05, 3.63) is 0 Å². The molecular formula is C9H14N2O2. The monoisotopic (exact) mass is 182 g/mol. The van der Waals surface area contributed by atoms with Gasteiger partial charge in [0.15, 0.2) is 0 Å². The van der Waals surface area contributed by atoms with Crippen LogP contribution in [0.5, 0.6) is 0 Å². The van der Waals surface area contributed by atoms with Gasteiger partial charge < -0.3 is 10.2 Å². The van der Waals surface area contributed by atoms with Crippen LogP contribution in [0.3, 0.4) is 0 Å². The van der Waals surface area contributed by atoms with Gasteiger partial charge in [-0.05, 0) is 12.8 Å². The molecule has 0 saturated carbocycles. The van der Waals surface area contributed by atoms with Crippen molar-refractivity contribution >= 4 is 11.8 Å². The van der Waals surface area contributed by atoms with Crippen LogP contribution in [0.1, 0.15) is 19.8 Å². The fraction of sp³-hybridized carbons (Fsp3) is 0.778. The first kappa shape index (κ1) is 8.53. The van der Waals surface area contributed by atoms with E-state index in [2.05, 4.69) is 5.32 Å². The zero-order chi connectivity index (χ0) is 9.42. The van der Waals surface area contributed by atoms with E-state index >= 15 is 0 Å². The van der Waals surface area contributed by atoms with E-state index in [0.717, 1.165) is 19.4 Å². The first-order chi connectivity index (χ1) is 6.20. The number of carbonyl (C=O) groups excluding carboxylic acids is 2. The zero-order valence-corrected chi connectivity index (χ0v) is 7.75. The van der Waals surface area contributed by atoms with E-state index in [4.69, 9.17) is 0 Å². The molecule has 2 amide bonds. The average Bonchev–Trinajstić information content (AvgIpc) is 2.48. The Morgan fingerprint density at radius 3 is 3.08 bits per heavy atom. The molecule has 2 saturated heterocycles. The predicted octanol–water partition coefficient (Wildman–Crippen LogP) is -0.257. The van der Waals surface area contributed by atoms with Crippen molar-refractivity contribution in [1.82, 2.24) is 10.2 Å². The van der Waals surface area contributed by atoms with Gasteiger partial charge in [-0.2, -0.15) is 0 Å².